The molecule has 222 valence electrons. The van der Waals surface area contributed by atoms with E-state index in [9.17, 15) is 10.2 Å². The fourth-order valence-corrected chi connectivity index (χ4v) is 6.75. The normalized spacial score (nSPS) is 30.9. The molecular formula is C28H54O8Si2. The summed E-state index contributed by atoms with van der Waals surface area (Å²) in [4.78, 5) is 0. The molecule has 0 aromatic carbocycles. The SMILES string of the molecule is CO[C@H]1C=C[C@@H](O)[C@H](C[C@@H](O[Si](C)(C)C(C)(C)C)[C@@H](C[C@@H]2O[C@@H](OC)C=C[C@H]2O)O[Si](C)(C)C(C)(C)C)O1. The molecule has 2 aliphatic heterocycles. The summed E-state index contributed by atoms with van der Waals surface area (Å²) in [5.41, 5.74) is 0. The zero-order valence-electron chi connectivity index (χ0n) is 25.7. The van der Waals surface area contributed by atoms with Crippen LogP contribution < -0.4 is 0 Å². The first-order chi connectivity index (χ1) is 17.3. The molecule has 2 rings (SSSR count). The standard InChI is InChI=1S/C28H54O8Si2/c1-27(2,3)37(9,10)35-23(17-21-19(29)13-15-25(31-7)33-21)24(36-38(11,12)28(4,5)6)18-22-20(30)14-16-26(32-8)34-22/h13-16,19-26,29-30H,17-18H2,1-12H3/t19-,20-,21+,22+,23-,24-,25-,26-/m1/s1. The molecule has 8 nitrogen and oxygen atoms in total. The summed E-state index contributed by atoms with van der Waals surface area (Å²) in [5, 5.41) is 21.6. The molecule has 2 aliphatic rings. The first kappa shape index (κ1) is 33.8. The lowest BCUT2D eigenvalue weighted by Crippen LogP contribution is -2.55. The highest BCUT2D eigenvalue weighted by Gasteiger charge is 2.47. The average Bonchev–Trinajstić information content (AvgIpc) is 2.79. The van der Waals surface area contributed by atoms with Crippen molar-refractivity contribution in [2.24, 2.45) is 0 Å². The minimum atomic E-state index is -2.28. The molecule has 2 N–H and O–H groups in total. The van der Waals surface area contributed by atoms with Crippen molar-refractivity contribution >= 4 is 16.6 Å². The second kappa shape index (κ2) is 13.1. The molecular weight excluding hydrogens is 520 g/mol. The van der Waals surface area contributed by atoms with Gasteiger partial charge in [0.15, 0.2) is 29.2 Å². The molecule has 0 aromatic heterocycles. The Balaban J connectivity index is 2.50. The highest BCUT2D eigenvalue weighted by atomic mass is 28.4. The van der Waals surface area contributed by atoms with Gasteiger partial charge in [-0.2, -0.15) is 0 Å². The third-order valence-electron chi connectivity index (χ3n) is 8.62. The van der Waals surface area contributed by atoms with Gasteiger partial charge in [-0.1, -0.05) is 53.7 Å². The Labute approximate surface area is 232 Å². The van der Waals surface area contributed by atoms with Gasteiger partial charge >= 0.3 is 0 Å². The van der Waals surface area contributed by atoms with E-state index in [1.807, 2.05) is 0 Å². The third kappa shape index (κ3) is 8.79. The summed E-state index contributed by atoms with van der Waals surface area (Å²) in [5.74, 6) is 0. The van der Waals surface area contributed by atoms with Crippen LogP contribution in [0.15, 0.2) is 24.3 Å². The molecule has 0 amide bonds. The van der Waals surface area contributed by atoms with Crippen molar-refractivity contribution in [1.29, 1.82) is 0 Å². The lowest BCUT2D eigenvalue weighted by molar-refractivity contribution is -0.179. The van der Waals surface area contributed by atoms with Gasteiger partial charge in [-0.05, 0) is 48.4 Å². The molecule has 0 unspecified atom stereocenters. The van der Waals surface area contributed by atoms with Crippen molar-refractivity contribution in [1.82, 2.24) is 0 Å². The quantitative estimate of drug-likeness (QED) is 0.259. The van der Waals surface area contributed by atoms with Crippen LogP contribution in [0.1, 0.15) is 54.4 Å². The molecule has 38 heavy (non-hydrogen) atoms. The van der Waals surface area contributed by atoms with Crippen LogP contribution in [0.5, 0.6) is 0 Å². The van der Waals surface area contributed by atoms with Gasteiger partial charge in [-0.15, -0.1) is 0 Å². The molecule has 0 saturated carbocycles. The van der Waals surface area contributed by atoms with Gasteiger partial charge in [0, 0.05) is 27.1 Å². The Morgan fingerprint density at radius 3 is 1.24 bits per heavy atom. The lowest BCUT2D eigenvalue weighted by atomic mass is 9.95. The number of ether oxygens (including phenoxy) is 4. The maximum absolute atomic E-state index is 10.8. The summed E-state index contributed by atoms with van der Waals surface area (Å²) < 4.78 is 37.1. The summed E-state index contributed by atoms with van der Waals surface area (Å²) in [6, 6.07) is 0. The monoisotopic (exact) mass is 574 g/mol. The Kier molecular flexibility index (Phi) is 11.6. The fraction of sp³-hybridized carbons (Fsp3) is 0.857. The van der Waals surface area contributed by atoms with Crippen LogP contribution in [0.25, 0.3) is 0 Å². The topological polar surface area (TPSA) is 95.8 Å². The summed E-state index contributed by atoms with van der Waals surface area (Å²) >= 11 is 0. The molecule has 0 spiro atoms. The molecule has 0 fully saturated rings. The number of aliphatic hydroxyl groups excluding tert-OH is 2. The smallest absolute Gasteiger partial charge is 0.192 e. The van der Waals surface area contributed by atoms with Crippen molar-refractivity contribution < 1.29 is 38.0 Å². The predicted octanol–water partition coefficient (Wildman–Crippen LogP) is 5.12. The number of methoxy groups -OCH3 is 2. The second-order valence-corrected chi connectivity index (χ2v) is 23.1. The second-order valence-electron chi connectivity index (χ2n) is 13.6. The van der Waals surface area contributed by atoms with Crippen molar-refractivity contribution in [2.75, 3.05) is 14.2 Å². The van der Waals surface area contributed by atoms with E-state index in [1.54, 1.807) is 38.5 Å². The Morgan fingerprint density at radius 1 is 0.658 bits per heavy atom. The van der Waals surface area contributed by atoms with E-state index in [0.29, 0.717) is 12.8 Å². The molecule has 0 aliphatic carbocycles. The van der Waals surface area contributed by atoms with Crippen LogP contribution in [0.4, 0.5) is 0 Å². The van der Waals surface area contributed by atoms with E-state index < -0.39 is 65.8 Å². The molecule has 0 saturated heterocycles. The van der Waals surface area contributed by atoms with E-state index in [-0.39, 0.29) is 10.1 Å². The number of aliphatic hydroxyl groups is 2. The molecule has 10 heteroatoms. The van der Waals surface area contributed by atoms with E-state index in [2.05, 4.69) is 67.7 Å². The average molecular weight is 575 g/mol. The first-order valence-corrected chi connectivity index (χ1v) is 19.6. The summed E-state index contributed by atoms with van der Waals surface area (Å²) in [6.45, 7) is 22.1. The van der Waals surface area contributed by atoms with Gasteiger partial charge in [0.1, 0.15) is 0 Å². The molecule has 0 aromatic rings. The number of rotatable bonds is 11. The van der Waals surface area contributed by atoms with Crippen LogP contribution in [0, 0.1) is 0 Å². The number of hydrogen-bond donors (Lipinski definition) is 2. The van der Waals surface area contributed by atoms with Crippen LogP contribution in [-0.4, -0.2) is 90.3 Å². The maximum Gasteiger partial charge on any atom is 0.192 e. The Morgan fingerprint density at radius 2 is 0.974 bits per heavy atom. The van der Waals surface area contributed by atoms with Crippen LogP contribution in [0.2, 0.25) is 36.3 Å². The number of hydrogen-bond acceptors (Lipinski definition) is 8. The zero-order valence-corrected chi connectivity index (χ0v) is 27.7. The molecule has 0 bridgehead atoms. The van der Waals surface area contributed by atoms with Gasteiger partial charge in [0.05, 0.1) is 36.6 Å². The van der Waals surface area contributed by atoms with E-state index in [0.717, 1.165) is 0 Å². The summed E-state index contributed by atoms with van der Waals surface area (Å²) in [6.07, 6.45) is 3.16. The third-order valence-corrected chi connectivity index (χ3v) is 17.6. The maximum atomic E-state index is 10.8. The molecule has 8 atom stereocenters. The van der Waals surface area contributed by atoms with E-state index >= 15 is 0 Å². The fourth-order valence-electron chi connectivity index (χ4n) is 4.03. The van der Waals surface area contributed by atoms with Gasteiger partial charge in [-0.25, -0.2) is 0 Å². The van der Waals surface area contributed by atoms with E-state index in [4.69, 9.17) is 27.8 Å². The van der Waals surface area contributed by atoms with Crippen LogP contribution in [0.3, 0.4) is 0 Å². The minimum Gasteiger partial charge on any atom is -0.411 e. The van der Waals surface area contributed by atoms with Crippen LogP contribution in [-0.2, 0) is 27.8 Å². The van der Waals surface area contributed by atoms with Crippen molar-refractivity contribution in [3.05, 3.63) is 24.3 Å². The van der Waals surface area contributed by atoms with Crippen LogP contribution >= 0.6 is 0 Å². The Bertz CT molecular complexity index is 736. The first-order valence-electron chi connectivity index (χ1n) is 13.8. The van der Waals surface area contributed by atoms with Gasteiger partial charge < -0.3 is 38.0 Å². The Hall–Kier alpha value is -0.406. The predicted molar refractivity (Wildman–Crippen MR) is 155 cm³/mol. The van der Waals surface area contributed by atoms with Gasteiger partial charge in [-0.3, -0.25) is 0 Å². The summed E-state index contributed by atoms with van der Waals surface area (Å²) in [7, 11) is -1.40. The molecule has 0 radical (unpaired) electrons. The van der Waals surface area contributed by atoms with E-state index in [1.165, 1.54) is 0 Å². The van der Waals surface area contributed by atoms with Crippen molar-refractivity contribution in [2.45, 2.75) is 140 Å². The zero-order chi connectivity index (χ0) is 29.1. The largest absolute Gasteiger partial charge is 0.411 e. The van der Waals surface area contributed by atoms with Crippen molar-refractivity contribution in [3.63, 3.8) is 0 Å². The van der Waals surface area contributed by atoms with Gasteiger partial charge in [0.2, 0.25) is 0 Å². The van der Waals surface area contributed by atoms with Crippen molar-refractivity contribution in [3.8, 4) is 0 Å². The highest BCUT2D eigenvalue weighted by molar-refractivity contribution is 6.74. The molecule has 2 heterocycles. The lowest BCUT2D eigenvalue weighted by Gasteiger charge is -2.47. The minimum absolute atomic E-state index is 0.0431. The highest BCUT2D eigenvalue weighted by Crippen LogP contribution is 2.42. The van der Waals surface area contributed by atoms with Gasteiger partial charge in [0.25, 0.3) is 0 Å².